The molecular formula is C9H18FN. The maximum atomic E-state index is 11.8. The van der Waals surface area contributed by atoms with Crippen LogP contribution >= 0.6 is 0 Å². The third-order valence-corrected chi connectivity index (χ3v) is 2.85. The van der Waals surface area contributed by atoms with Crippen LogP contribution in [0.15, 0.2) is 0 Å². The summed E-state index contributed by atoms with van der Waals surface area (Å²) in [5.74, 6) is 0.801. The zero-order valence-corrected chi connectivity index (χ0v) is 7.52. The van der Waals surface area contributed by atoms with Crippen molar-refractivity contribution in [2.24, 2.45) is 5.92 Å². The fraction of sp³-hybridized carbons (Fsp3) is 1.00. The van der Waals surface area contributed by atoms with E-state index in [4.69, 9.17) is 0 Å². The van der Waals surface area contributed by atoms with Gasteiger partial charge in [-0.25, -0.2) is 0 Å². The highest BCUT2D eigenvalue weighted by atomic mass is 19.1. The summed E-state index contributed by atoms with van der Waals surface area (Å²) in [4.78, 5) is 2.39. The van der Waals surface area contributed by atoms with Gasteiger partial charge in [-0.15, -0.1) is 0 Å². The van der Waals surface area contributed by atoms with Gasteiger partial charge >= 0.3 is 0 Å². The van der Waals surface area contributed by atoms with Gasteiger partial charge in [0, 0.05) is 12.6 Å². The first-order valence-corrected chi connectivity index (χ1v) is 4.55. The zero-order chi connectivity index (χ0) is 8.27. The highest BCUT2D eigenvalue weighted by molar-refractivity contribution is 4.80. The molecule has 66 valence electrons. The molecule has 0 saturated carbocycles. The molecule has 11 heavy (non-hydrogen) atoms. The van der Waals surface area contributed by atoms with E-state index in [1.165, 1.54) is 13.0 Å². The smallest absolute Gasteiger partial charge is 0.0906 e. The van der Waals surface area contributed by atoms with E-state index in [9.17, 15) is 4.39 Å². The van der Waals surface area contributed by atoms with E-state index >= 15 is 0 Å². The van der Waals surface area contributed by atoms with Crippen LogP contribution in [0.3, 0.4) is 0 Å². The lowest BCUT2D eigenvalue weighted by Gasteiger charge is -2.22. The summed E-state index contributed by atoms with van der Waals surface area (Å²) in [5.41, 5.74) is 0. The van der Waals surface area contributed by atoms with Gasteiger partial charge in [-0.3, -0.25) is 4.39 Å². The summed E-state index contributed by atoms with van der Waals surface area (Å²) in [6.45, 7) is 6.47. The van der Waals surface area contributed by atoms with E-state index in [0.717, 1.165) is 12.5 Å². The molecule has 0 N–H and O–H groups in total. The van der Waals surface area contributed by atoms with Crippen LogP contribution in [0.2, 0.25) is 0 Å². The zero-order valence-electron chi connectivity index (χ0n) is 7.52. The SMILES string of the molecule is CC1CCN(CCCF)C1C. The Morgan fingerprint density at radius 1 is 1.45 bits per heavy atom. The Morgan fingerprint density at radius 2 is 2.18 bits per heavy atom. The number of likely N-dealkylation sites (tertiary alicyclic amines) is 1. The fourth-order valence-electron chi connectivity index (χ4n) is 1.75. The molecule has 2 heteroatoms. The van der Waals surface area contributed by atoms with Crippen LogP contribution in [0.4, 0.5) is 4.39 Å². The van der Waals surface area contributed by atoms with Crippen molar-refractivity contribution in [3.63, 3.8) is 0 Å². The normalized spacial score (nSPS) is 33.0. The van der Waals surface area contributed by atoms with Crippen molar-refractivity contribution in [2.75, 3.05) is 19.8 Å². The van der Waals surface area contributed by atoms with Crippen LogP contribution in [0, 0.1) is 5.92 Å². The molecule has 0 spiro atoms. The third-order valence-electron chi connectivity index (χ3n) is 2.85. The van der Waals surface area contributed by atoms with E-state index < -0.39 is 0 Å². The fourth-order valence-corrected chi connectivity index (χ4v) is 1.75. The summed E-state index contributed by atoms with van der Waals surface area (Å²) in [7, 11) is 0. The maximum Gasteiger partial charge on any atom is 0.0906 e. The Hall–Kier alpha value is -0.110. The highest BCUT2D eigenvalue weighted by Gasteiger charge is 2.26. The summed E-state index contributed by atoms with van der Waals surface area (Å²) in [6.07, 6.45) is 1.99. The second kappa shape index (κ2) is 4.05. The Bertz CT molecular complexity index is 116. The largest absolute Gasteiger partial charge is 0.300 e. The van der Waals surface area contributed by atoms with Crippen molar-refractivity contribution in [2.45, 2.75) is 32.7 Å². The van der Waals surface area contributed by atoms with E-state index in [2.05, 4.69) is 18.7 Å². The molecule has 1 aliphatic heterocycles. The molecule has 0 bridgehead atoms. The van der Waals surface area contributed by atoms with Gasteiger partial charge in [0.25, 0.3) is 0 Å². The van der Waals surface area contributed by atoms with Crippen molar-refractivity contribution in [3.8, 4) is 0 Å². The van der Waals surface area contributed by atoms with Gasteiger partial charge in [-0.1, -0.05) is 6.92 Å². The highest BCUT2D eigenvalue weighted by Crippen LogP contribution is 2.22. The average Bonchev–Trinajstić information content (AvgIpc) is 2.31. The predicted octanol–water partition coefficient (Wildman–Crippen LogP) is 2.08. The molecule has 1 fully saturated rings. The van der Waals surface area contributed by atoms with Gasteiger partial charge in [0.1, 0.15) is 0 Å². The predicted molar refractivity (Wildman–Crippen MR) is 45.4 cm³/mol. The second-order valence-electron chi connectivity index (χ2n) is 3.59. The van der Waals surface area contributed by atoms with Crippen molar-refractivity contribution < 1.29 is 4.39 Å². The summed E-state index contributed by atoms with van der Waals surface area (Å²) in [6, 6.07) is 0.668. The molecule has 0 aromatic rings. The monoisotopic (exact) mass is 159 g/mol. The molecule has 1 nitrogen and oxygen atoms in total. The summed E-state index contributed by atoms with van der Waals surface area (Å²) in [5, 5.41) is 0. The lowest BCUT2D eigenvalue weighted by atomic mass is 10.1. The number of nitrogens with zero attached hydrogens (tertiary/aromatic N) is 1. The number of alkyl halides is 1. The third kappa shape index (κ3) is 2.16. The molecule has 1 heterocycles. The van der Waals surface area contributed by atoms with E-state index in [0.29, 0.717) is 12.5 Å². The van der Waals surface area contributed by atoms with Crippen LogP contribution in [-0.4, -0.2) is 30.7 Å². The van der Waals surface area contributed by atoms with Crippen molar-refractivity contribution in [3.05, 3.63) is 0 Å². The molecule has 0 amide bonds. The minimum absolute atomic E-state index is 0.169. The van der Waals surface area contributed by atoms with E-state index in [1.54, 1.807) is 0 Å². The maximum absolute atomic E-state index is 11.8. The van der Waals surface area contributed by atoms with E-state index in [-0.39, 0.29) is 6.67 Å². The lowest BCUT2D eigenvalue weighted by molar-refractivity contribution is 0.235. The van der Waals surface area contributed by atoms with Crippen molar-refractivity contribution >= 4 is 0 Å². The van der Waals surface area contributed by atoms with Crippen LogP contribution in [0.1, 0.15) is 26.7 Å². The minimum Gasteiger partial charge on any atom is -0.300 e. The molecule has 2 atom stereocenters. The van der Waals surface area contributed by atoms with Crippen LogP contribution < -0.4 is 0 Å². The minimum atomic E-state index is -0.169. The first-order chi connectivity index (χ1) is 5.25. The Balaban J connectivity index is 2.24. The van der Waals surface area contributed by atoms with Gasteiger partial charge in [-0.05, 0) is 32.2 Å². The topological polar surface area (TPSA) is 3.24 Å². The van der Waals surface area contributed by atoms with E-state index in [1.807, 2.05) is 0 Å². The van der Waals surface area contributed by atoms with Crippen LogP contribution in [0.5, 0.6) is 0 Å². The molecule has 1 saturated heterocycles. The van der Waals surface area contributed by atoms with Crippen molar-refractivity contribution in [1.29, 1.82) is 0 Å². The number of hydrogen-bond donors (Lipinski definition) is 0. The number of halogens is 1. The second-order valence-corrected chi connectivity index (χ2v) is 3.59. The standard InChI is InChI=1S/C9H18FN/c1-8-4-7-11(9(8)2)6-3-5-10/h8-9H,3-7H2,1-2H3. The summed E-state index contributed by atoms with van der Waals surface area (Å²) >= 11 is 0. The van der Waals surface area contributed by atoms with Gasteiger partial charge < -0.3 is 4.90 Å². The number of hydrogen-bond acceptors (Lipinski definition) is 1. The van der Waals surface area contributed by atoms with Gasteiger partial charge in [-0.2, -0.15) is 0 Å². The first-order valence-electron chi connectivity index (χ1n) is 4.55. The Labute approximate surface area is 68.6 Å². The molecule has 2 unspecified atom stereocenters. The molecule has 0 aromatic carbocycles. The molecule has 0 aliphatic carbocycles. The molecule has 0 aromatic heterocycles. The van der Waals surface area contributed by atoms with Crippen LogP contribution in [0.25, 0.3) is 0 Å². The Kier molecular flexibility index (Phi) is 3.31. The van der Waals surface area contributed by atoms with Gasteiger partial charge in [0.2, 0.25) is 0 Å². The quantitative estimate of drug-likeness (QED) is 0.609. The molecular weight excluding hydrogens is 141 g/mol. The first kappa shape index (κ1) is 8.98. The Morgan fingerprint density at radius 3 is 2.64 bits per heavy atom. The van der Waals surface area contributed by atoms with Crippen LogP contribution in [-0.2, 0) is 0 Å². The average molecular weight is 159 g/mol. The molecule has 1 aliphatic rings. The lowest BCUT2D eigenvalue weighted by Crippen LogP contribution is -2.30. The molecule has 0 radical (unpaired) electrons. The van der Waals surface area contributed by atoms with Crippen molar-refractivity contribution in [1.82, 2.24) is 4.90 Å². The van der Waals surface area contributed by atoms with Gasteiger partial charge in [0.15, 0.2) is 0 Å². The molecule has 1 rings (SSSR count). The van der Waals surface area contributed by atoms with Gasteiger partial charge in [0.05, 0.1) is 6.67 Å². The summed E-state index contributed by atoms with van der Waals surface area (Å²) < 4.78 is 11.8. The number of rotatable bonds is 3.